The van der Waals surface area contributed by atoms with Crippen LogP contribution in [0.3, 0.4) is 0 Å². The number of rotatable bonds is 6. The van der Waals surface area contributed by atoms with Crippen LogP contribution in [-0.4, -0.2) is 19.1 Å². The van der Waals surface area contributed by atoms with Gasteiger partial charge >= 0.3 is 6.18 Å². The van der Waals surface area contributed by atoms with Crippen LogP contribution in [0.15, 0.2) is 36.4 Å². The van der Waals surface area contributed by atoms with Crippen LogP contribution in [-0.2, 0) is 11.0 Å². The summed E-state index contributed by atoms with van der Waals surface area (Å²) in [7, 11) is 0. The highest BCUT2D eigenvalue weighted by atomic mass is 19.4. The van der Waals surface area contributed by atoms with Gasteiger partial charge in [-0.25, -0.2) is 0 Å². The van der Waals surface area contributed by atoms with Crippen LogP contribution in [0.5, 0.6) is 5.75 Å². The first kappa shape index (κ1) is 19.6. The number of alkyl halides is 3. The van der Waals surface area contributed by atoms with E-state index in [0.717, 1.165) is 17.2 Å². The number of carbonyl (C=O) groups excluding carboxylic acids is 1. The maximum absolute atomic E-state index is 13.2. The van der Waals surface area contributed by atoms with Crippen LogP contribution >= 0.6 is 0 Å². The van der Waals surface area contributed by atoms with E-state index in [9.17, 15) is 18.0 Å². The number of aryl methyl sites for hydroxylation is 1. The summed E-state index contributed by atoms with van der Waals surface area (Å²) in [6.07, 6.45) is -4.56. The third-order valence-electron chi connectivity index (χ3n) is 3.93. The van der Waals surface area contributed by atoms with Crippen molar-refractivity contribution in [3.8, 4) is 5.75 Å². The van der Waals surface area contributed by atoms with Crippen LogP contribution in [0.4, 0.5) is 24.5 Å². The van der Waals surface area contributed by atoms with Crippen molar-refractivity contribution in [2.45, 2.75) is 26.9 Å². The Hall–Kier alpha value is -2.70. The van der Waals surface area contributed by atoms with E-state index in [0.29, 0.717) is 5.69 Å². The maximum Gasteiger partial charge on any atom is 0.418 e. The first-order valence-corrected chi connectivity index (χ1v) is 8.16. The minimum absolute atomic E-state index is 0.130. The minimum Gasteiger partial charge on any atom is -0.494 e. The van der Waals surface area contributed by atoms with Crippen LogP contribution < -0.4 is 15.4 Å². The molecule has 0 fully saturated rings. The lowest BCUT2D eigenvalue weighted by Crippen LogP contribution is -2.23. The van der Waals surface area contributed by atoms with Gasteiger partial charge in [-0.3, -0.25) is 4.79 Å². The summed E-state index contributed by atoms with van der Waals surface area (Å²) in [5.41, 5.74) is 1.53. The Bertz CT molecular complexity index is 789. The number of carbonyl (C=O) groups is 1. The second kappa shape index (κ2) is 8.12. The Labute approximate surface area is 150 Å². The Morgan fingerprint density at radius 3 is 2.50 bits per heavy atom. The van der Waals surface area contributed by atoms with E-state index in [1.165, 1.54) is 12.1 Å². The lowest BCUT2D eigenvalue weighted by Gasteiger charge is -2.16. The zero-order valence-electron chi connectivity index (χ0n) is 14.8. The molecule has 0 radical (unpaired) electrons. The van der Waals surface area contributed by atoms with E-state index >= 15 is 0 Å². The SMILES string of the molecule is CCOc1ccc(NCC(=O)Nc2cccc(C)c2C)c(C(F)(F)F)c1. The molecule has 0 aliphatic rings. The molecule has 0 unspecified atom stereocenters. The van der Waals surface area contributed by atoms with E-state index in [4.69, 9.17) is 4.74 Å². The average Bonchev–Trinajstić information content (AvgIpc) is 2.57. The first-order valence-electron chi connectivity index (χ1n) is 8.16. The minimum atomic E-state index is -4.56. The zero-order valence-corrected chi connectivity index (χ0v) is 14.8. The molecule has 0 heterocycles. The van der Waals surface area contributed by atoms with Crippen molar-refractivity contribution in [1.29, 1.82) is 0 Å². The predicted octanol–water partition coefficient (Wildman–Crippen LogP) is 4.77. The lowest BCUT2D eigenvalue weighted by atomic mass is 10.1. The van der Waals surface area contributed by atoms with E-state index in [2.05, 4.69) is 10.6 Å². The molecule has 2 N–H and O–H groups in total. The van der Waals surface area contributed by atoms with E-state index < -0.39 is 17.6 Å². The molecule has 2 aromatic rings. The van der Waals surface area contributed by atoms with Gasteiger partial charge in [0.15, 0.2) is 0 Å². The summed E-state index contributed by atoms with van der Waals surface area (Å²) in [5.74, 6) is -0.300. The summed E-state index contributed by atoms with van der Waals surface area (Å²) >= 11 is 0. The van der Waals surface area contributed by atoms with Crippen LogP contribution in [0.2, 0.25) is 0 Å². The monoisotopic (exact) mass is 366 g/mol. The molecule has 0 saturated heterocycles. The number of anilines is 2. The second-order valence-electron chi connectivity index (χ2n) is 5.79. The standard InChI is InChI=1S/C19H21F3N2O2/c1-4-26-14-8-9-17(15(10-14)19(20,21)22)23-11-18(25)24-16-7-5-6-12(2)13(16)3/h5-10,23H,4,11H2,1-3H3,(H,24,25). The molecular formula is C19H21F3N2O2. The van der Waals surface area contributed by atoms with Crippen molar-refractivity contribution in [3.05, 3.63) is 53.1 Å². The molecule has 7 heteroatoms. The molecule has 1 amide bonds. The van der Waals surface area contributed by atoms with Gasteiger partial charge in [0.25, 0.3) is 0 Å². The number of hydrogen-bond donors (Lipinski definition) is 2. The average molecular weight is 366 g/mol. The van der Waals surface area contributed by atoms with E-state index in [1.807, 2.05) is 19.9 Å². The largest absolute Gasteiger partial charge is 0.494 e. The summed E-state index contributed by atoms with van der Waals surface area (Å²) in [6, 6.07) is 9.09. The molecule has 0 saturated carbocycles. The number of amides is 1. The summed E-state index contributed by atoms with van der Waals surface area (Å²) in [4.78, 5) is 12.1. The molecule has 2 aromatic carbocycles. The van der Waals surface area contributed by atoms with Gasteiger partial charge in [-0.15, -0.1) is 0 Å². The number of hydrogen-bond acceptors (Lipinski definition) is 3. The Balaban J connectivity index is 2.11. The fourth-order valence-electron chi connectivity index (χ4n) is 2.42. The molecule has 2 rings (SSSR count). The van der Waals surface area contributed by atoms with Crippen molar-refractivity contribution in [1.82, 2.24) is 0 Å². The maximum atomic E-state index is 13.2. The third kappa shape index (κ3) is 4.91. The first-order chi connectivity index (χ1) is 12.2. The molecular weight excluding hydrogens is 345 g/mol. The molecule has 0 atom stereocenters. The molecule has 0 bridgehead atoms. The van der Waals surface area contributed by atoms with Crippen molar-refractivity contribution in [2.24, 2.45) is 0 Å². The summed E-state index contributed by atoms with van der Waals surface area (Å²) < 4.78 is 44.8. The van der Waals surface area contributed by atoms with Crippen molar-refractivity contribution in [2.75, 3.05) is 23.8 Å². The van der Waals surface area contributed by atoms with Gasteiger partial charge in [0.1, 0.15) is 5.75 Å². The molecule has 0 aliphatic heterocycles. The van der Waals surface area contributed by atoms with Crippen molar-refractivity contribution in [3.63, 3.8) is 0 Å². The van der Waals surface area contributed by atoms with Gasteiger partial charge in [0.2, 0.25) is 5.91 Å². The molecule has 0 aromatic heterocycles. The molecule has 0 aliphatic carbocycles. The zero-order chi connectivity index (χ0) is 19.3. The smallest absolute Gasteiger partial charge is 0.418 e. The van der Waals surface area contributed by atoms with Gasteiger partial charge in [-0.1, -0.05) is 12.1 Å². The van der Waals surface area contributed by atoms with E-state index in [1.54, 1.807) is 19.1 Å². The molecule has 140 valence electrons. The summed E-state index contributed by atoms with van der Waals surface area (Å²) in [5, 5.41) is 5.26. The summed E-state index contributed by atoms with van der Waals surface area (Å²) in [6.45, 7) is 5.45. The van der Waals surface area contributed by atoms with Crippen LogP contribution in [0.1, 0.15) is 23.6 Å². The van der Waals surface area contributed by atoms with Crippen molar-refractivity contribution >= 4 is 17.3 Å². The van der Waals surface area contributed by atoms with Gasteiger partial charge in [-0.2, -0.15) is 13.2 Å². The number of nitrogens with one attached hydrogen (secondary N) is 2. The Kier molecular flexibility index (Phi) is 6.13. The van der Waals surface area contributed by atoms with Gasteiger partial charge in [0, 0.05) is 11.4 Å². The highest BCUT2D eigenvalue weighted by molar-refractivity contribution is 5.94. The van der Waals surface area contributed by atoms with Gasteiger partial charge < -0.3 is 15.4 Å². The Morgan fingerprint density at radius 2 is 1.85 bits per heavy atom. The number of ether oxygens (including phenoxy) is 1. The van der Waals surface area contributed by atoms with E-state index in [-0.39, 0.29) is 24.6 Å². The lowest BCUT2D eigenvalue weighted by molar-refractivity contribution is -0.137. The fraction of sp³-hybridized carbons (Fsp3) is 0.316. The Morgan fingerprint density at radius 1 is 1.12 bits per heavy atom. The number of benzene rings is 2. The third-order valence-corrected chi connectivity index (χ3v) is 3.93. The van der Waals surface area contributed by atoms with Crippen LogP contribution in [0, 0.1) is 13.8 Å². The van der Waals surface area contributed by atoms with Gasteiger partial charge in [-0.05, 0) is 56.2 Å². The van der Waals surface area contributed by atoms with Gasteiger partial charge in [0.05, 0.1) is 18.7 Å². The highest BCUT2D eigenvalue weighted by Gasteiger charge is 2.34. The topological polar surface area (TPSA) is 50.4 Å². The molecule has 26 heavy (non-hydrogen) atoms. The highest BCUT2D eigenvalue weighted by Crippen LogP contribution is 2.37. The predicted molar refractivity (Wildman–Crippen MR) is 95.6 cm³/mol. The molecule has 0 spiro atoms. The van der Waals surface area contributed by atoms with Crippen molar-refractivity contribution < 1.29 is 22.7 Å². The number of halogens is 3. The fourth-order valence-corrected chi connectivity index (χ4v) is 2.42. The second-order valence-corrected chi connectivity index (χ2v) is 5.79. The molecule has 4 nitrogen and oxygen atoms in total. The quantitative estimate of drug-likeness (QED) is 0.774. The van der Waals surface area contributed by atoms with Crippen LogP contribution in [0.25, 0.3) is 0 Å². The normalized spacial score (nSPS) is 11.2.